The summed E-state index contributed by atoms with van der Waals surface area (Å²) in [6.45, 7) is 4.27. The fourth-order valence-corrected chi connectivity index (χ4v) is 4.54. The van der Waals surface area contributed by atoms with Gasteiger partial charge in [-0.3, -0.25) is 0 Å². The molecule has 1 aliphatic heterocycles. The van der Waals surface area contributed by atoms with Crippen molar-refractivity contribution in [1.82, 2.24) is 4.90 Å². The molecule has 4 rings (SSSR count). The van der Waals surface area contributed by atoms with Gasteiger partial charge in [0.05, 0.1) is 6.61 Å². The first kappa shape index (κ1) is 25.2. The van der Waals surface area contributed by atoms with Crippen molar-refractivity contribution in [2.75, 3.05) is 33.9 Å². The van der Waals surface area contributed by atoms with E-state index in [1.54, 1.807) is 0 Å². The summed E-state index contributed by atoms with van der Waals surface area (Å²) in [5, 5.41) is 12.3. The van der Waals surface area contributed by atoms with Gasteiger partial charge in [0.25, 0.3) is 0 Å². The molecular formula is C30H37NO4. The van der Waals surface area contributed by atoms with Crippen molar-refractivity contribution in [2.45, 2.75) is 44.0 Å². The summed E-state index contributed by atoms with van der Waals surface area (Å²) in [7, 11) is 4.05. The molecule has 3 atom stereocenters. The van der Waals surface area contributed by atoms with E-state index in [0.717, 1.165) is 60.6 Å². The zero-order chi connectivity index (χ0) is 24.7. The average Bonchev–Trinajstić information content (AvgIpc) is 2.89. The summed E-state index contributed by atoms with van der Waals surface area (Å²) in [4.78, 5) is 2.09. The largest absolute Gasteiger partial charge is 0.492 e. The van der Waals surface area contributed by atoms with Gasteiger partial charge in [0.15, 0.2) is 6.29 Å². The number of nitrogens with zero attached hydrogens (tertiary/aromatic N) is 1. The zero-order valence-corrected chi connectivity index (χ0v) is 21.0. The third kappa shape index (κ3) is 6.23. The lowest BCUT2D eigenvalue weighted by molar-refractivity contribution is -0.105. The first-order valence-electron chi connectivity index (χ1n) is 12.5. The Labute approximate surface area is 209 Å². The molecule has 0 aromatic heterocycles. The maximum Gasteiger partial charge on any atom is 0.199 e. The minimum atomic E-state index is -1.23. The van der Waals surface area contributed by atoms with Crippen LogP contribution in [0, 0.1) is 0 Å². The maximum absolute atomic E-state index is 12.3. The van der Waals surface area contributed by atoms with Crippen LogP contribution in [0.4, 0.5) is 0 Å². The molecule has 3 unspecified atom stereocenters. The minimum Gasteiger partial charge on any atom is -0.492 e. The molecule has 0 radical (unpaired) electrons. The van der Waals surface area contributed by atoms with Crippen LogP contribution in [0.2, 0.25) is 0 Å². The zero-order valence-electron chi connectivity index (χ0n) is 21.0. The number of hydrogen-bond donors (Lipinski definition) is 1. The molecule has 186 valence electrons. The second-order valence-corrected chi connectivity index (χ2v) is 9.51. The summed E-state index contributed by atoms with van der Waals surface area (Å²) in [6, 6.07) is 25.7. The third-order valence-corrected chi connectivity index (χ3v) is 6.73. The highest BCUT2D eigenvalue weighted by atomic mass is 16.7. The highest BCUT2D eigenvalue weighted by Gasteiger charge is 2.38. The van der Waals surface area contributed by atoms with Gasteiger partial charge in [-0.2, -0.15) is 0 Å². The van der Waals surface area contributed by atoms with Crippen molar-refractivity contribution in [3.8, 4) is 11.5 Å². The predicted molar refractivity (Wildman–Crippen MR) is 139 cm³/mol. The fourth-order valence-electron chi connectivity index (χ4n) is 4.54. The number of likely N-dealkylation sites (N-methyl/N-ethyl adjacent to an activating group) is 1. The first-order valence-corrected chi connectivity index (χ1v) is 12.5. The summed E-state index contributed by atoms with van der Waals surface area (Å²) in [5.74, 6) is 1.36. The maximum atomic E-state index is 12.3. The van der Waals surface area contributed by atoms with E-state index in [4.69, 9.17) is 14.2 Å². The van der Waals surface area contributed by atoms with E-state index in [1.165, 1.54) is 0 Å². The molecule has 3 aromatic carbocycles. The second-order valence-electron chi connectivity index (χ2n) is 9.51. The van der Waals surface area contributed by atoms with Gasteiger partial charge in [-0.1, -0.05) is 61.5 Å². The SMILES string of the molecule is CC(c1ccccc1)C(O)(c1ccc(OCCN(C)C)cc1)c1ccc(OC2CCCCO2)cc1. The van der Waals surface area contributed by atoms with Gasteiger partial charge in [0.2, 0.25) is 0 Å². The Kier molecular flexibility index (Phi) is 8.45. The van der Waals surface area contributed by atoms with Crippen molar-refractivity contribution in [3.63, 3.8) is 0 Å². The predicted octanol–water partition coefficient (Wildman–Crippen LogP) is 5.57. The Balaban J connectivity index is 1.61. The number of aliphatic hydroxyl groups is 1. The van der Waals surface area contributed by atoms with E-state index in [2.05, 4.69) is 24.0 Å². The van der Waals surface area contributed by atoms with E-state index in [-0.39, 0.29) is 12.2 Å². The first-order chi connectivity index (χ1) is 17.0. The summed E-state index contributed by atoms with van der Waals surface area (Å²) in [6.07, 6.45) is 2.91. The highest BCUT2D eigenvalue weighted by Crippen LogP contribution is 2.43. The van der Waals surface area contributed by atoms with E-state index >= 15 is 0 Å². The highest BCUT2D eigenvalue weighted by molar-refractivity contribution is 5.44. The molecule has 5 heteroatoms. The number of benzene rings is 3. The van der Waals surface area contributed by atoms with Crippen LogP contribution in [0.1, 0.15) is 48.8 Å². The van der Waals surface area contributed by atoms with Crippen molar-refractivity contribution >= 4 is 0 Å². The smallest absolute Gasteiger partial charge is 0.199 e. The van der Waals surface area contributed by atoms with Gasteiger partial charge in [0.1, 0.15) is 23.7 Å². The monoisotopic (exact) mass is 475 g/mol. The van der Waals surface area contributed by atoms with Gasteiger partial charge >= 0.3 is 0 Å². The van der Waals surface area contributed by atoms with Crippen LogP contribution >= 0.6 is 0 Å². The molecule has 1 aliphatic rings. The van der Waals surface area contributed by atoms with E-state index in [9.17, 15) is 5.11 Å². The molecule has 5 nitrogen and oxygen atoms in total. The molecule has 1 heterocycles. The molecule has 1 fully saturated rings. The van der Waals surface area contributed by atoms with Gasteiger partial charge in [0, 0.05) is 18.9 Å². The molecule has 0 bridgehead atoms. The minimum absolute atomic E-state index is 0.183. The van der Waals surface area contributed by atoms with Crippen LogP contribution in [0.3, 0.4) is 0 Å². The number of hydrogen-bond acceptors (Lipinski definition) is 5. The van der Waals surface area contributed by atoms with Crippen LogP contribution in [0.15, 0.2) is 78.9 Å². The van der Waals surface area contributed by atoms with Crippen LogP contribution in [-0.4, -0.2) is 50.2 Å². The Bertz CT molecular complexity index is 1030. The number of ether oxygens (including phenoxy) is 3. The lowest BCUT2D eigenvalue weighted by Crippen LogP contribution is -2.33. The second kappa shape index (κ2) is 11.7. The lowest BCUT2D eigenvalue weighted by atomic mass is 9.74. The number of rotatable bonds is 10. The molecule has 1 saturated heterocycles. The van der Waals surface area contributed by atoms with Crippen LogP contribution in [-0.2, 0) is 10.3 Å². The average molecular weight is 476 g/mol. The molecular weight excluding hydrogens is 438 g/mol. The van der Waals surface area contributed by atoms with E-state index in [1.807, 2.05) is 80.8 Å². The Morgan fingerprint density at radius 2 is 1.54 bits per heavy atom. The van der Waals surface area contributed by atoms with Crippen LogP contribution in [0.5, 0.6) is 11.5 Å². The molecule has 0 spiro atoms. The lowest BCUT2D eigenvalue weighted by Gasteiger charge is -2.36. The fraction of sp³-hybridized carbons (Fsp3) is 0.400. The summed E-state index contributed by atoms with van der Waals surface area (Å²) >= 11 is 0. The van der Waals surface area contributed by atoms with Crippen LogP contribution in [0.25, 0.3) is 0 Å². The third-order valence-electron chi connectivity index (χ3n) is 6.73. The summed E-state index contributed by atoms with van der Waals surface area (Å²) < 4.78 is 17.6. The van der Waals surface area contributed by atoms with Crippen LogP contribution < -0.4 is 9.47 Å². The summed E-state index contributed by atoms with van der Waals surface area (Å²) in [5.41, 5.74) is 1.46. The Morgan fingerprint density at radius 3 is 2.11 bits per heavy atom. The van der Waals surface area contributed by atoms with Crippen molar-refractivity contribution in [2.24, 2.45) is 0 Å². The standard InChI is InChI=1S/C30H37NO4/c1-23(24-9-5-4-6-10-24)30(32,25-12-16-27(17-13-25)33-22-20-31(2)3)26-14-18-28(19-15-26)35-29-11-7-8-21-34-29/h4-6,9-10,12-19,23,29,32H,7-8,11,20-22H2,1-3H3. The van der Waals surface area contributed by atoms with E-state index < -0.39 is 5.60 Å². The Hall–Kier alpha value is -2.86. The van der Waals surface area contributed by atoms with Crippen molar-refractivity contribution in [3.05, 3.63) is 95.6 Å². The van der Waals surface area contributed by atoms with Gasteiger partial charge in [-0.05, 0) is 67.9 Å². The van der Waals surface area contributed by atoms with Gasteiger partial charge in [-0.25, -0.2) is 0 Å². The van der Waals surface area contributed by atoms with Gasteiger partial charge < -0.3 is 24.2 Å². The van der Waals surface area contributed by atoms with Crippen molar-refractivity contribution < 1.29 is 19.3 Å². The normalized spacial score (nSPS) is 18.6. The molecule has 0 amide bonds. The Morgan fingerprint density at radius 1 is 0.914 bits per heavy atom. The topological polar surface area (TPSA) is 51.2 Å². The van der Waals surface area contributed by atoms with Crippen molar-refractivity contribution in [1.29, 1.82) is 0 Å². The molecule has 0 saturated carbocycles. The quantitative estimate of drug-likeness (QED) is 0.415. The van der Waals surface area contributed by atoms with Gasteiger partial charge in [-0.15, -0.1) is 0 Å². The molecule has 0 aliphatic carbocycles. The molecule has 1 N–H and O–H groups in total. The molecule has 3 aromatic rings. The van der Waals surface area contributed by atoms with E-state index in [0.29, 0.717) is 6.61 Å². The molecule has 35 heavy (non-hydrogen) atoms.